The highest BCUT2D eigenvalue weighted by Crippen LogP contribution is 2.31. The Morgan fingerprint density at radius 3 is 2.14 bits per heavy atom. The molecular formula is C30H22N2O3S. The Morgan fingerprint density at radius 1 is 0.750 bits per heavy atom. The van der Waals surface area contributed by atoms with Crippen molar-refractivity contribution >= 4 is 56.3 Å². The number of rotatable bonds is 6. The molecule has 0 saturated heterocycles. The summed E-state index contributed by atoms with van der Waals surface area (Å²) in [4.78, 5) is 43.8. The molecule has 0 fully saturated rings. The van der Waals surface area contributed by atoms with E-state index in [4.69, 9.17) is 0 Å². The van der Waals surface area contributed by atoms with Gasteiger partial charge in [-0.3, -0.25) is 19.3 Å². The molecule has 1 aromatic heterocycles. The highest BCUT2D eigenvalue weighted by atomic mass is 32.1. The fourth-order valence-electron chi connectivity index (χ4n) is 4.98. The Morgan fingerprint density at radius 2 is 1.42 bits per heavy atom. The quantitative estimate of drug-likeness (QED) is 0.259. The van der Waals surface area contributed by atoms with E-state index >= 15 is 0 Å². The Hall–Kier alpha value is -4.29. The van der Waals surface area contributed by atoms with Gasteiger partial charge in [-0.05, 0) is 46.8 Å². The summed E-state index contributed by atoms with van der Waals surface area (Å²) in [7, 11) is 0. The maximum Gasteiger partial charge on any atom is 0.268 e. The molecule has 0 radical (unpaired) electrons. The highest BCUT2D eigenvalue weighted by molar-refractivity contribution is 7.12. The van der Waals surface area contributed by atoms with Crippen molar-refractivity contribution in [2.24, 2.45) is 0 Å². The minimum absolute atomic E-state index is 0.0900. The third-order valence-corrected chi connectivity index (χ3v) is 7.51. The van der Waals surface area contributed by atoms with Crippen LogP contribution >= 0.6 is 11.3 Å². The van der Waals surface area contributed by atoms with Crippen LogP contribution in [-0.4, -0.2) is 35.7 Å². The van der Waals surface area contributed by atoms with Crippen LogP contribution < -0.4 is 4.90 Å². The Balaban J connectivity index is 1.30. The summed E-state index contributed by atoms with van der Waals surface area (Å²) < 4.78 is 0. The number of amides is 3. The lowest BCUT2D eigenvalue weighted by Gasteiger charge is -2.29. The van der Waals surface area contributed by atoms with Gasteiger partial charge in [-0.1, -0.05) is 66.7 Å². The maximum atomic E-state index is 13.5. The second-order valence-corrected chi connectivity index (χ2v) is 9.70. The molecular weight excluding hydrogens is 468 g/mol. The van der Waals surface area contributed by atoms with E-state index in [0.717, 1.165) is 27.2 Å². The summed E-state index contributed by atoms with van der Waals surface area (Å²) in [5.41, 5.74) is 1.91. The Kier molecular flexibility index (Phi) is 5.58. The lowest BCUT2D eigenvalue weighted by Crippen LogP contribution is -2.42. The zero-order valence-corrected chi connectivity index (χ0v) is 20.2. The standard InChI is InChI=1S/C30H22N2O3S/c33-28-23-13-3-10-21-11-4-14-24(27(21)23)29(34)32(28)18-7-17-31(30(35)26-16-6-19-36-26)25-15-5-9-20-8-1-2-12-22(20)25/h1-6,8-16,19H,7,17-18H2. The van der Waals surface area contributed by atoms with Crippen LogP contribution in [0.25, 0.3) is 21.5 Å². The van der Waals surface area contributed by atoms with E-state index in [0.29, 0.717) is 29.0 Å². The summed E-state index contributed by atoms with van der Waals surface area (Å²) in [5.74, 6) is -0.663. The van der Waals surface area contributed by atoms with Gasteiger partial charge in [0.15, 0.2) is 0 Å². The number of carbonyl (C=O) groups is 3. The van der Waals surface area contributed by atoms with Crippen molar-refractivity contribution in [3.05, 3.63) is 112 Å². The monoisotopic (exact) mass is 490 g/mol. The van der Waals surface area contributed by atoms with Crippen LogP contribution in [0.5, 0.6) is 0 Å². The Bertz CT molecular complexity index is 1590. The summed E-state index contributed by atoms with van der Waals surface area (Å²) in [6.07, 6.45) is 0.454. The number of anilines is 1. The molecule has 5 aromatic rings. The Labute approximate surface area is 212 Å². The van der Waals surface area contributed by atoms with Crippen LogP contribution in [0, 0.1) is 0 Å². The molecule has 3 amide bonds. The third-order valence-electron chi connectivity index (χ3n) is 6.65. The molecule has 0 aliphatic carbocycles. The largest absolute Gasteiger partial charge is 0.307 e. The van der Waals surface area contributed by atoms with Crippen LogP contribution in [0.2, 0.25) is 0 Å². The molecule has 1 aliphatic rings. The minimum atomic E-state index is -0.286. The molecule has 6 heteroatoms. The second kappa shape index (κ2) is 9.06. The van der Waals surface area contributed by atoms with Crippen LogP contribution in [-0.2, 0) is 0 Å². The lowest BCUT2D eigenvalue weighted by molar-refractivity contribution is 0.0610. The molecule has 0 N–H and O–H groups in total. The molecule has 1 aliphatic heterocycles. The third kappa shape index (κ3) is 3.67. The number of fused-ring (bicyclic) bond motifs is 1. The smallest absolute Gasteiger partial charge is 0.268 e. The van der Waals surface area contributed by atoms with Crippen molar-refractivity contribution in [2.45, 2.75) is 6.42 Å². The lowest BCUT2D eigenvalue weighted by atomic mass is 9.94. The number of hydrogen-bond donors (Lipinski definition) is 0. The molecule has 36 heavy (non-hydrogen) atoms. The average Bonchev–Trinajstić information content (AvgIpc) is 3.46. The molecule has 0 unspecified atom stereocenters. The predicted octanol–water partition coefficient (Wildman–Crippen LogP) is 6.39. The first kappa shape index (κ1) is 22.2. The zero-order valence-electron chi connectivity index (χ0n) is 19.4. The molecule has 176 valence electrons. The van der Waals surface area contributed by atoms with E-state index in [1.165, 1.54) is 16.2 Å². The first-order valence-electron chi connectivity index (χ1n) is 11.8. The van der Waals surface area contributed by atoms with E-state index in [-0.39, 0.29) is 24.3 Å². The molecule has 2 heterocycles. The number of thiophene rings is 1. The van der Waals surface area contributed by atoms with Crippen molar-refractivity contribution in [3.8, 4) is 0 Å². The molecule has 6 rings (SSSR count). The zero-order chi connectivity index (χ0) is 24.6. The van der Waals surface area contributed by atoms with Gasteiger partial charge in [0.05, 0.1) is 10.6 Å². The number of imide groups is 1. The van der Waals surface area contributed by atoms with Crippen LogP contribution in [0.4, 0.5) is 5.69 Å². The van der Waals surface area contributed by atoms with Gasteiger partial charge < -0.3 is 4.90 Å². The van der Waals surface area contributed by atoms with Gasteiger partial charge in [-0.2, -0.15) is 0 Å². The molecule has 0 bridgehead atoms. The van der Waals surface area contributed by atoms with Gasteiger partial charge in [0.2, 0.25) is 0 Å². The summed E-state index contributed by atoms with van der Waals surface area (Å²) in [6, 6.07) is 28.6. The number of nitrogens with zero attached hydrogens (tertiary/aromatic N) is 2. The molecule has 5 nitrogen and oxygen atoms in total. The van der Waals surface area contributed by atoms with Crippen LogP contribution in [0.3, 0.4) is 0 Å². The first-order valence-corrected chi connectivity index (χ1v) is 12.7. The first-order chi connectivity index (χ1) is 17.6. The predicted molar refractivity (Wildman–Crippen MR) is 144 cm³/mol. The highest BCUT2D eigenvalue weighted by Gasteiger charge is 2.32. The van der Waals surface area contributed by atoms with E-state index in [1.54, 1.807) is 17.0 Å². The van der Waals surface area contributed by atoms with Crippen LogP contribution in [0.1, 0.15) is 36.8 Å². The van der Waals surface area contributed by atoms with E-state index < -0.39 is 0 Å². The van der Waals surface area contributed by atoms with Gasteiger partial charge >= 0.3 is 0 Å². The van der Waals surface area contributed by atoms with Gasteiger partial charge in [-0.15, -0.1) is 11.3 Å². The van der Waals surface area contributed by atoms with Gasteiger partial charge in [0.25, 0.3) is 17.7 Å². The average molecular weight is 491 g/mol. The normalized spacial score (nSPS) is 12.9. The molecule has 0 saturated carbocycles. The number of hydrogen-bond acceptors (Lipinski definition) is 4. The summed E-state index contributed by atoms with van der Waals surface area (Å²) in [5, 5.41) is 5.52. The fraction of sp³-hybridized carbons (Fsp3) is 0.100. The van der Waals surface area contributed by atoms with Crippen molar-refractivity contribution < 1.29 is 14.4 Å². The minimum Gasteiger partial charge on any atom is -0.307 e. The van der Waals surface area contributed by atoms with E-state index in [1.807, 2.05) is 84.2 Å². The van der Waals surface area contributed by atoms with Gasteiger partial charge in [0.1, 0.15) is 0 Å². The van der Waals surface area contributed by atoms with Gasteiger partial charge in [0, 0.05) is 35.0 Å². The molecule has 4 aromatic carbocycles. The number of benzene rings is 4. The maximum absolute atomic E-state index is 13.5. The summed E-state index contributed by atoms with van der Waals surface area (Å²) in [6.45, 7) is 0.592. The van der Waals surface area contributed by atoms with Crippen LogP contribution in [0.15, 0.2) is 96.4 Å². The van der Waals surface area contributed by atoms with Gasteiger partial charge in [-0.25, -0.2) is 0 Å². The van der Waals surface area contributed by atoms with Crippen molar-refractivity contribution in [2.75, 3.05) is 18.0 Å². The van der Waals surface area contributed by atoms with Crippen molar-refractivity contribution in [3.63, 3.8) is 0 Å². The van der Waals surface area contributed by atoms with Crippen molar-refractivity contribution in [1.82, 2.24) is 4.90 Å². The number of carbonyl (C=O) groups excluding carboxylic acids is 3. The van der Waals surface area contributed by atoms with Crippen molar-refractivity contribution in [1.29, 1.82) is 0 Å². The topological polar surface area (TPSA) is 57.7 Å². The van der Waals surface area contributed by atoms with E-state index in [9.17, 15) is 14.4 Å². The fourth-order valence-corrected chi connectivity index (χ4v) is 5.65. The SMILES string of the molecule is O=C1c2cccc3cccc(c23)C(=O)N1CCCN(C(=O)c1cccs1)c1cccc2ccccc12. The van der Waals surface area contributed by atoms with E-state index in [2.05, 4.69) is 0 Å². The molecule has 0 spiro atoms. The molecule has 0 atom stereocenters. The second-order valence-electron chi connectivity index (χ2n) is 8.76. The summed E-state index contributed by atoms with van der Waals surface area (Å²) >= 11 is 1.40.